The Morgan fingerprint density at radius 3 is 2.57 bits per heavy atom. The number of benzene rings is 1. The van der Waals surface area contributed by atoms with Crippen molar-refractivity contribution < 1.29 is 28.2 Å². The topological polar surface area (TPSA) is 81.8 Å². The lowest BCUT2D eigenvalue weighted by atomic mass is 10.0. The molecule has 8 heteroatoms. The maximum Gasteiger partial charge on any atom is 0.379 e. The van der Waals surface area contributed by atoms with Crippen LogP contribution in [0.1, 0.15) is 25.5 Å². The average Bonchev–Trinajstić information content (AvgIpc) is 2.43. The first kappa shape index (κ1) is 17.6. The van der Waals surface area contributed by atoms with Crippen LogP contribution < -0.4 is 10.5 Å². The molecule has 0 fully saturated rings. The van der Waals surface area contributed by atoms with Crippen LogP contribution in [0.4, 0.5) is 8.78 Å². The molecule has 0 aliphatic rings. The molecule has 0 radical (unpaired) electrons. The van der Waals surface area contributed by atoms with Gasteiger partial charge in [0.1, 0.15) is 6.04 Å². The highest BCUT2D eigenvalue weighted by Crippen LogP contribution is 2.40. The summed E-state index contributed by atoms with van der Waals surface area (Å²) in [5, 5.41) is 9.74. The summed E-state index contributed by atoms with van der Waals surface area (Å²) in [7, 11) is 0. The van der Waals surface area contributed by atoms with E-state index in [4.69, 9.17) is 10.5 Å². The van der Waals surface area contributed by atoms with Crippen molar-refractivity contribution in [3.8, 4) is 11.5 Å². The van der Waals surface area contributed by atoms with Crippen LogP contribution in [0.25, 0.3) is 0 Å². The Kier molecular flexibility index (Phi) is 5.91. The van der Waals surface area contributed by atoms with Crippen LogP contribution in [0, 0.1) is 0 Å². The molecule has 0 unspecified atom stereocenters. The molecule has 1 atom stereocenters. The van der Waals surface area contributed by atoms with Crippen molar-refractivity contribution in [2.24, 2.45) is 5.73 Å². The van der Waals surface area contributed by atoms with Gasteiger partial charge in [0, 0.05) is 0 Å². The van der Waals surface area contributed by atoms with Gasteiger partial charge >= 0.3 is 11.9 Å². The zero-order valence-electron chi connectivity index (χ0n) is 11.5. The van der Waals surface area contributed by atoms with E-state index in [0.717, 1.165) is 0 Å². The molecule has 0 saturated carbocycles. The second-order valence-corrected chi connectivity index (χ2v) is 4.96. The maximum absolute atomic E-state index is 13.9. The first-order valence-corrected chi connectivity index (χ1v) is 7.00. The van der Waals surface area contributed by atoms with Crippen LogP contribution >= 0.6 is 15.9 Å². The van der Waals surface area contributed by atoms with Gasteiger partial charge in [-0.15, -0.1) is 0 Å². The van der Waals surface area contributed by atoms with E-state index in [2.05, 4.69) is 20.7 Å². The van der Waals surface area contributed by atoms with Gasteiger partial charge in [0.25, 0.3) is 0 Å². The molecule has 0 bridgehead atoms. The Hall–Kier alpha value is -1.41. The Labute approximate surface area is 129 Å². The van der Waals surface area contributed by atoms with E-state index >= 15 is 0 Å². The van der Waals surface area contributed by atoms with Gasteiger partial charge in [-0.25, -0.2) is 4.79 Å². The number of nitrogens with two attached hydrogens (primary N) is 1. The van der Waals surface area contributed by atoms with Crippen LogP contribution in [-0.4, -0.2) is 30.2 Å². The van der Waals surface area contributed by atoms with E-state index in [1.54, 1.807) is 6.92 Å². The fraction of sp³-hybridized carbons (Fsp3) is 0.462. The summed E-state index contributed by atoms with van der Waals surface area (Å²) < 4.78 is 37.4. The molecule has 3 N–H and O–H groups in total. The van der Waals surface area contributed by atoms with Crippen LogP contribution in [0.3, 0.4) is 0 Å². The number of phenolic OH excluding ortho intramolecular Hbond substituents is 1. The molecule has 0 amide bonds. The largest absolute Gasteiger partial charge is 0.503 e. The van der Waals surface area contributed by atoms with Crippen LogP contribution in [0.5, 0.6) is 11.5 Å². The summed E-state index contributed by atoms with van der Waals surface area (Å²) in [5.74, 6) is -5.82. The molecular formula is C13H16BrF2NO4. The number of phenols is 1. The molecule has 5 nitrogen and oxygen atoms in total. The van der Waals surface area contributed by atoms with Gasteiger partial charge in [-0.05, 0) is 47.5 Å². The summed E-state index contributed by atoms with van der Waals surface area (Å²) in [5.41, 5.74) is 5.41. The molecule has 0 aliphatic heterocycles. The number of carbonyl (C=O) groups excluding carboxylic acids is 1. The van der Waals surface area contributed by atoms with Crippen LogP contribution in [0.2, 0.25) is 0 Å². The second kappa shape index (κ2) is 7.04. The minimum absolute atomic E-state index is 0.00279. The molecule has 118 valence electrons. The lowest BCUT2D eigenvalue weighted by Gasteiger charge is -2.22. The van der Waals surface area contributed by atoms with Gasteiger partial charge < -0.3 is 20.3 Å². The Morgan fingerprint density at radius 1 is 1.43 bits per heavy atom. The molecule has 1 aromatic rings. The Bertz CT molecular complexity index is 525. The van der Waals surface area contributed by atoms with Gasteiger partial charge in [-0.2, -0.15) is 8.78 Å². The SMILES string of the molecule is CCOC(=O)C(F)(F)[C@H](N)c1cc(Br)c(O)c(OCC)c1. The molecule has 0 saturated heterocycles. The molecular weight excluding hydrogens is 352 g/mol. The van der Waals surface area contributed by atoms with Gasteiger partial charge in [0.05, 0.1) is 17.7 Å². The zero-order chi connectivity index (χ0) is 16.2. The molecule has 0 heterocycles. The number of hydrogen-bond acceptors (Lipinski definition) is 5. The van der Waals surface area contributed by atoms with Gasteiger partial charge in [-0.1, -0.05) is 0 Å². The predicted octanol–water partition coefficient (Wildman–Crippen LogP) is 2.75. The van der Waals surface area contributed by atoms with Crippen molar-refractivity contribution in [1.82, 2.24) is 0 Å². The number of rotatable bonds is 6. The first-order valence-electron chi connectivity index (χ1n) is 6.21. The standard InChI is InChI=1S/C13H16BrF2NO4/c1-3-20-9-6-7(5-8(14)10(9)18)11(17)13(15,16)12(19)21-4-2/h5-6,11,18H,3-4,17H2,1-2H3/t11-/m1/s1. The number of carbonyl (C=O) groups is 1. The monoisotopic (exact) mass is 367 g/mol. The van der Waals surface area contributed by atoms with E-state index in [-0.39, 0.29) is 34.7 Å². The third kappa shape index (κ3) is 3.82. The predicted molar refractivity (Wildman–Crippen MR) is 75.5 cm³/mol. The number of esters is 1. The van der Waals surface area contributed by atoms with Crippen molar-refractivity contribution in [1.29, 1.82) is 0 Å². The first-order chi connectivity index (χ1) is 9.75. The quantitative estimate of drug-likeness (QED) is 0.755. The van der Waals surface area contributed by atoms with Crippen LogP contribution in [0.15, 0.2) is 16.6 Å². The highest BCUT2D eigenvalue weighted by atomic mass is 79.9. The van der Waals surface area contributed by atoms with E-state index in [1.807, 2.05) is 0 Å². The molecule has 0 aliphatic carbocycles. The maximum atomic E-state index is 13.9. The van der Waals surface area contributed by atoms with Gasteiger partial charge in [0.2, 0.25) is 0 Å². The van der Waals surface area contributed by atoms with E-state index in [1.165, 1.54) is 19.1 Å². The fourth-order valence-corrected chi connectivity index (χ4v) is 2.06. The summed E-state index contributed by atoms with van der Waals surface area (Å²) in [6, 6.07) is 0.449. The van der Waals surface area contributed by atoms with Crippen molar-refractivity contribution in [2.45, 2.75) is 25.8 Å². The summed E-state index contributed by atoms with van der Waals surface area (Å²) >= 11 is 3.02. The van der Waals surface area contributed by atoms with Crippen LogP contribution in [-0.2, 0) is 9.53 Å². The van der Waals surface area contributed by atoms with Crippen molar-refractivity contribution in [2.75, 3.05) is 13.2 Å². The molecule has 1 aromatic carbocycles. The van der Waals surface area contributed by atoms with Gasteiger partial charge in [0.15, 0.2) is 11.5 Å². The van der Waals surface area contributed by atoms with E-state index in [0.29, 0.717) is 0 Å². The number of ether oxygens (including phenoxy) is 2. The summed E-state index contributed by atoms with van der Waals surface area (Å²) in [6.45, 7) is 3.15. The van der Waals surface area contributed by atoms with Crippen molar-refractivity contribution in [3.05, 3.63) is 22.2 Å². The van der Waals surface area contributed by atoms with Crippen molar-refractivity contribution >= 4 is 21.9 Å². The van der Waals surface area contributed by atoms with E-state index in [9.17, 15) is 18.7 Å². The highest BCUT2D eigenvalue weighted by molar-refractivity contribution is 9.10. The lowest BCUT2D eigenvalue weighted by molar-refractivity contribution is -0.174. The summed E-state index contributed by atoms with van der Waals surface area (Å²) in [6.07, 6.45) is 0. The molecule has 1 rings (SSSR count). The normalized spacial score (nSPS) is 12.9. The smallest absolute Gasteiger partial charge is 0.379 e. The molecule has 0 spiro atoms. The highest BCUT2D eigenvalue weighted by Gasteiger charge is 2.48. The number of hydrogen-bond donors (Lipinski definition) is 2. The minimum atomic E-state index is -3.89. The summed E-state index contributed by atoms with van der Waals surface area (Å²) in [4.78, 5) is 11.3. The van der Waals surface area contributed by atoms with Crippen molar-refractivity contribution in [3.63, 3.8) is 0 Å². The second-order valence-electron chi connectivity index (χ2n) is 4.10. The third-order valence-corrected chi connectivity index (χ3v) is 3.25. The zero-order valence-corrected chi connectivity index (χ0v) is 13.1. The molecule has 0 aromatic heterocycles. The van der Waals surface area contributed by atoms with Gasteiger partial charge in [-0.3, -0.25) is 0 Å². The molecule has 21 heavy (non-hydrogen) atoms. The Balaban J connectivity index is 3.17. The Morgan fingerprint density at radius 2 is 2.05 bits per heavy atom. The number of aromatic hydroxyl groups is 1. The average molecular weight is 368 g/mol. The third-order valence-electron chi connectivity index (χ3n) is 2.65. The number of halogens is 3. The minimum Gasteiger partial charge on any atom is -0.503 e. The fourth-order valence-electron chi connectivity index (χ4n) is 1.60. The van der Waals surface area contributed by atoms with E-state index < -0.39 is 17.9 Å². The lowest BCUT2D eigenvalue weighted by Crippen LogP contribution is -2.41. The number of alkyl halides is 2.